The molecule has 1 aliphatic rings. The normalized spacial score (nSPS) is 14.5. The first-order chi connectivity index (χ1) is 9.91. The first kappa shape index (κ1) is 14.4. The predicted molar refractivity (Wildman–Crippen MR) is 82.6 cm³/mol. The third-order valence-corrected chi connectivity index (χ3v) is 4.75. The van der Waals surface area contributed by atoms with E-state index in [2.05, 4.69) is 5.10 Å². The van der Waals surface area contributed by atoms with Crippen molar-refractivity contribution in [2.75, 3.05) is 0 Å². The molecule has 4 nitrogen and oxygen atoms in total. The Morgan fingerprint density at radius 3 is 2.62 bits per heavy atom. The summed E-state index contributed by atoms with van der Waals surface area (Å²) in [5.74, 6) is -0.0754. The van der Waals surface area contributed by atoms with Gasteiger partial charge in [0.2, 0.25) is 5.78 Å². The van der Waals surface area contributed by atoms with Gasteiger partial charge in [0.1, 0.15) is 5.56 Å². The molecule has 0 amide bonds. The summed E-state index contributed by atoms with van der Waals surface area (Å²) in [5, 5.41) is 3.79. The lowest BCUT2D eigenvalue weighted by atomic mass is 10.00. The molecule has 0 aliphatic heterocycles. The minimum absolute atomic E-state index is 0.198. The fourth-order valence-corrected chi connectivity index (χ4v) is 2.89. The Kier molecular flexibility index (Phi) is 3.46. The molecule has 0 atom stereocenters. The average molecular weight is 325 g/mol. The molecule has 1 fully saturated rings. The number of ketones is 1. The molecule has 0 radical (unpaired) electrons. The molecule has 1 N–H and O–H groups in total. The van der Waals surface area contributed by atoms with Gasteiger partial charge >= 0.3 is 0 Å². The minimum atomic E-state index is -0.344. The fraction of sp³-hybridized carbons (Fsp3) is 0.333. The van der Waals surface area contributed by atoms with Gasteiger partial charge in [-0.05, 0) is 37.5 Å². The van der Waals surface area contributed by atoms with Gasteiger partial charge in [0.25, 0.3) is 5.56 Å². The summed E-state index contributed by atoms with van der Waals surface area (Å²) < 4.78 is 1.34. The number of H-pyrrole nitrogens is 1. The number of hydrogen-bond donors (Lipinski definition) is 1. The van der Waals surface area contributed by atoms with E-state index in [1.807, 2.05) is 0 Å². The quantitative estimate of drug-likeness (QED) is 0.879. The second-order valence-corrected chi connectivity index (χ2v) is 6.19. The van der Waals surface area contributed by atoms with Crippen molar-refractivity contribution in [2.45, 2.75) is 25.7 Å². The third-order valence-electron chi connectivity index (χ3n) is 3.85. The number of aromatic nitrogens is 2. The van der Waals surface area contributed by atoms with Gasteiger partial charge in [-0.1, -0.05) is 23.2 Å². The molecule has 0 bridgehead atoms. The van der Waals surface area contributed by atoms with E-state index >= 15 is 0 Å². The highest BCUT2D eigenvalue weighted by Gasteiger charge is 2.33. The molecule has 0 saturated heterocycles. The van der Waals surface area contributed by atoms with Crippen LogP contribution < -0.4 is 5.56 Å². The van der Waals surface area contributed by atoms with Crippen molar-refractivity contribution < 1.29 is 4.79 Å². The Morgan fingerprint density at radius 2 is 2.00 bits per heavy atom. The zero-order valence-corrected chi connectivity index (χ0v) is 13.2. The highest BCUT2D eigenvalue weighted by molar-refractivity contribution is 6.38. The molecule has 3 rings (SSSR count). The summed E-state index contributed by atoms with van der Waals surface area (Å²) in [6.07, 6.45) is 1.99. The van der Waals surface area contributed by atoms with Crippen LogP contribution in [-0.2, 0) is 7.05 Å². The lowest BCUT2D eigenvalue weighted by Crippen LogP contribution is -2.20. The van der Waals surface area contributed by atoms with Crippen LogP contribution in [0.15, 0.2) is 16.9 Å². The molecule has 1 aromatic carbocycles. The Labute approximate surface area is 131 Å². The second kappa shape index (κ2) is 5.04. The number of halogens is 2. The summed E-state index contributed by atoms with van der Waals surface area (Å²) in [6, 6.07) is 3.20. The molecular formula is C15H14Cl2N2O2. The maximum absolute atomic E-state index is 12.8. The molecule has 0 unspecified atom stereocenters. The van der Waals surface area contributed by atoms with Gasteiger partial charge < -0.3 is 0 Å². The Bertz CT molecular complexity index is 801. The standard InChI is InChI=1S/C15H14Cl2N2O2/c1-7-10(16)6-5-9(12(7)17)14(20)11-13(8-3-4-8)18-19(2)15(11)21/h5-6,8,18H,3-4H2,1-2H3. The molecule has 2 aromatic rings. The molecule has 1 saturated carbocycles. The number of nitrogens with zero attached hydrogens (tertiary/aromatic N) is 1. The highest BCUT2D eigenvalue weighted by Crippen LogP contribution is 2.40. The SMILES string of the molecule is Cc1c(Cl)ccc(C(=O)c2c(C3CC3)[nH]n(C)c2=O)c1Cl. The van der Waals surface area contributed by atoms with Gasteiger partial charge in [0.05, 0.1) is 10.7 Å². The Morgan fingerprint density at radius 1 is 1.33 bits per heavy atom. The number of carbonyl (C=O) groups is 1. The van der Waals surface area contributed by atoms with Crippen molar-refractivity contribution in [3.63, 3.8) is 0 Å². The zero-order valence-electron chi connectivity index (χ0n) is 11.7. The Balaban J connectivity index is 2.16. The monoisotopic (exact) mass is 324 g/mol. The van der Waals surface area contributed by atoms with Crippen LogP contribution in [0.2, 0.25) is 10.0 Å². The van der Waals surface area contributed by atoms with Gasteiger partial charge in [0.15, 0.2) is 0 Å². The largest absolute Gasteiger partial charge is 0.299 e. The summed E-state index contributed by atoms with van der Waals surface area (Å²) >= 11 is 12.2. The van der Waals surface area contributed by atoms with Crippen LogP contribution >= 0.6 is 23.2 Å². The maximum Gasteiger partial charge on any atom is 0.277 e. The molecule has 0 spiro atoms. The molecule has 110 valence electrons. The molecule has 1 aromatic heterocycles. The average Bonchev–Trinajstić information content (AvgIpc) is 3.24. The maximum atomic E-state index is 12.8. The van der Waals surface area contributed by atoms with Crippen molar-refractivity contribution in [1.82, 2.24) is 9.78 Å². The number of rotatable bonds is 3. The number of nitrogens with one attached hydrogen (secondary N) is 1. The number of aryl methyl sites for hydroxylation is 1. The van der Waals surface area contributed by atoms with E-state index in [0.29, 0.717) is 21.2 Å². The van der Waals surface area contributed by atoms with E-state index < -0.39 is 0 Å². The topological polar surface area (TPSA) is 54.9 Å². The summed E-state index contributed by atoms with van der Waals surface area (Å²) in [5.41, 5.74) is 1.56. The second-order valence-electron chi connectivity index (χ2n) is 5.40. The van der Waals surface area contributed by atoms with Crippen molar-refractivity contribution >= 4 is 29.0 Å². The molecule has 1 heterocycles. The van der Waals surface area contributed by atoms with E-state index in [1.54, 1.807) is 26.1 Å². The van der Waals surface area contributed by atoms with Crippen LogP contribution in [0.1, 0.15) is 45.9 Å². The first-order valence-corrected chi connectivity index (χ1v) is 7.45. The number of benzene rings is 1. The molecule has 1 aliphatic carbocycles. The van der Waals surface area contributed by atoms with Crippen LogP contribution in [0, 0.1) is 6.92 Å². The van der Waals surface area contributed by atoms with Crippen LogP contribution in [0.25, 0.3) is 0 Å². The van der Waals surface area contributed by atoms with Crippen molar-refractivity contribution in [1.29, 1.82) is 0 Å². The molecule has 6 heteroatoms. The molecule has 21 heavy (non-hydrogen) atoms. The first-order valence-electron chi connectivity index (χ1n) is 6.70. The van der Waals surface area contributed by atoms with E-state index in [0.717, 1.165) is 18.5 Å². The Hall–Kier alpha value is -1.52. The molecular weight excluding hydrogens is 311 g/mol. The summed E-state index contributed by atoms with van der Waals surface area (Å²) in [6.45, 7) is 1.75. The van der Waals surface area contributed by atoms with E-state index in [9.17, 15) is 9.59 Å². The van der Waals surface area contributed by atoms with Crippen LogP contribution in [0.5, 0.6) is 0 Å². The van der Waals surface area contributed by atoms with Crippen LogP contribution in [0.3, 0.4) is 0 Å². The number of hydrogen-bond acceptors (Lipinski definition) is 2. The predicted octanol–water partition coefficient (Wildman–Crippen LogP) is 3.44. The summed E-state index contributed by atoms with van der Waals surface area (Å²) in [7, 11) is 1.61. The van der Waals surface area contributed by atoms with Crippen molar-refractivity contribution in [3.05, 3.63) is 54.9 Å². The van der Waals surface area contributed by atoms with Gasteiger partial charge in [-0.25, -0.2) is 0 Å². The fourth-order valence-electron chi connectivity index (χ4n) is 2.43. The zero-order chi connectivity index (χ0) is 15.3. The minimum Gasteiger partial charge on any atom is -0.299 e. The number of aromatic amines is 1. The van der Waals surface area contributed by atoms with E-state index in [1.165, 1.54) is 4.68 Å². The smallest absolute Gasteiger partial charge is 0.277 e. The van der Waals surface area contributed by atoms with Gasteiger partial charge in [0, 0.05) is 23.6 Å². The van der Waals surface area contributed by atoms with Crippen molar-refractivity contribution in [2.24, 2.45) is 7.05 Å². The van der Waals surface area contributed by atoms with Crippen LogP contribution in [-0.4, -0.2) is 15.6 Å². The van der Waals surface area contributed by atoms with Crippen LogP contribution in [0.4, 0.5) is 0 Å². The number of carbonyl (C=O) groups excluding carboxylic acids is 1. The van der Waals surface area contributed by atoms with Gasteiger partial charge in [-0.15, -0.1) is 0 Å². The van der Waals surface area contributed by atoms with Gasteiger partial charge in [-0.3, -0.25) is 19.4 Å². The lowest BCUT2D eigenvalue weighted by Gasteiger charge is -2.07. The lowest BCUT2D eigenvalue weighted by molar-refractivity contribution is 0.103. The van der Waals surface area contributed by atoms with Crippen molar-refractivity contribution in [3.8, 4) is 0 Å². The third kappa shape index (κ3) is 2.32. The van der Waals surface area contributed by atoms with E-state index in [4.69, 9.17) is 23.2 Å². The summed E-state index contributed by atoms with van der Waals surface area (Å²) in [4.78, 5) is 25.0. The van der Waals surface area contributed by atoms with Gasteiger partial charge in [-0.2, -0.15) is 0 Å². The van der Waals surface area contributed by atoms with E-state index in [-0.39, 0.29) is 22.8 Å². The highest BCUT2D eigenvalue weighted by atomic mass is 35.5.